The van der Waals surface area contributed by atoms with Crippen LogP contribution in [0, 0.1) is 5.92 Å². The average Bonchev–Trinajstić information content (AvgIpc) is 3.24. The summed E-state index contributed by atoms with van der Waals surface area (Å²) in [6.07, 6.45) is 4.58. The standard InChI is InChI=1S/C17H18ClN5O4/c18-11-1-2-14-22-13(8-23(14)7-11)17(27)20-6-15(25)21-12(9-24)5-10-3-4-19-16(10)26/h1-2,7-10,12H,3-6H2,(H,19,26)(H,20,27)(H,21,25). The monoisotopic (exact) mass is 391 g/mol. The summed E-state index contributed by atoms with van der Waals surface area (Å²) in [7, 11) is 0. The maximum atomic E-state index is 12.2. The minimum atomic E-state index is -0.777. The predicted octanol–water partition coefficient (Wildman–Crippen LogP) is -0.0726. The molecule has 1 aliphatic rings. The average molecular weight is 392 g/mol. The Morgan fingerprint density at radius 3 is 2.93 bits per heavy atom. The lowest BCUT2D eigenvalue weighted by molar-refractivity contribution is -0.125. The Bertz CT molecular complexity index is 897. The van der Waals surface area contributed by atoms with Gasteiger partial charge in [0, 0.05) is 24.9 Å². The van der Waals surface area contributed by atoms with Crippen LogP contribution < -0.4 is 16.0 Å². The molecule has 0 saturated carbocycles. The van der Waals surface area contributed by atoms with Crippen molar-refractivity contribution in [2.45, 2.75) is 18.9 Å². The number of carbonyl (C=O) groups excluding carboxylic acids is 4. The van der Waals surface area contributed by atoms with Gasteiger partial charge in [0.1, 0.15) is 17.6 Å². The van der Waals surface area contributed by atoms with Crippen LogP contribution in [0.5, 0.6) is 0 Å². The van der Waals surface area contributed by atoms with Crippen molar-refractivity contribution in [3.05, 3.63) is 35.2 Å². The Morgan fingerprint density at radius 2 is 2.22 bits per heavy atom. The fourth-order valence-corrected chi connectivity index (χ4v) is 3.08. The molecule has 0 aromatic carbocycles. The molecular weight excluding hydrogens is 374 g/mol. The number of aromatic nitrogens is 2. The largest absolute Gasteiger partial charge is 0.356 e. The van der Waals surface area contributed by atoms with Gasteiger partial charge in [-0.05, 0) is 25.0 Å². The highest BCUT2D eigenvalue weighted by Gasteiger charge is 2.27. The minimum Gasteiger partial charge on any atom is -0.356 e. The van der Waals surface area contributed by atoms with E-state index in [1.54, 1.807) is 22.7 Å². The first kappa shape index (κ1) is 18.8. The highest BCUT2D eigenvalue weighted by molar-refractivity contribution is 6.30. The quantitative estimate of drug-likeness (QED) is 0.570. The highest BCUT2D eigenvalue weighted by Crippen LogP contribution is 2.15. The van der Waals surface area contributed by atoms with Crippen molar-refractivity contribution in [3.63, 3.8) is 0 Å². The summed E-state index contributed by atoms with van der Waals surface area (Å²) in [5.41, 5.74) is 0.685. The number of imidazole rings is 1. The molecule has 142 valence electrons. The van der Waals surface area contributed by atoms with Crippen LogP contribution in [0.4, 0.5) is 0 Å². The van der Waals surface area contributed by atoms with E-state index in [0.29, 0.717) is 29.9 Å². The van der Waals surface area contributed by atoms with Crippen molar-refractivity contribution in [3.8, 4) is 0 Å². The van der Waals surface area contributed by atoms with Gasteiger partial charge in [0.15, 0.2) is 0 Å². The van der Waals surface area contributed by atoms with Crippen LogP contribution in [0.25, 0.3) is 5.65 Å². The van der Waals surface area contributed by atoms with Crippen LogP contribution in [0.3, 0.4) is 0 Å². The van der Waals surface area contributed by atoms with Crippen molar-refractivity contribution in [1.82, 2.24) is 25.3 Å². The van der Waals surface area contributed by atoms with Gasteiger partial charge in [-0.2, -0.15) is 0 Å². The van der Waals surface area contributed by atoms with Gasteiger partial charge in [0.2, 0.25) is 11.8 Å². The topological polar surface area (TPSA) is 122 Å². The predicted molar refractivity (Wildman–Crippen MR) is 96.3 cm³/mol. The zero-order valence-corrected chi connectivity index (χ0v) is 15.0. The number of nitrogens with one attached hydrogen (secondary N) is 3. The minimum absolute atomic E-state index is 0.114. The number of pyridine rings is 1. The normalized spacial score (nSPS) is 17.4. The summed E-state index contributed by atoms with van der Waals surface area (Å²) >= 11 is 5.89. The van der Waals surface area contributed by atoms with E-state index in [0.717, 1.165) is 0 Å². The first-order valence-electron chi connectivity index (χ1n) is 8.41. The molecule has 3 amide bonds. The second-order valence-electron chi connectivity index (χ2n) is 6.24. The number of hydrogen-bond acceptors (Lipinski definition) is 5. The van der Waals surface area contributed by atoms with E-state index in [-0.39, 0.29) is 30.5 Å². The molecule has 1 fully saturated rings. The van der Waals surface area contributed by atoms with Crippen LogP contribution in [0.2, 0.25) is 5.02 Å². The number of nitrogens with zero attached hydrogens (tertiary/aromatic N) is 2. The third-order valence-corrected chi connectivity index (χ3v) is 4.49. The van der Waals surface area contributed by atoms with Crippen LogP contribution in [-0.2, 0) is 14.4 Å². The first-order valence-corrected chi connectivity index (χ1v) is 8.79. The molecule has 2 aromatic rings. The van der Waals surface area contributed by atoms with E-state index in [1.807, 2.05) is 0 Å². The Hall–Kier alpha value is -2.94. The molecule has 1 saturated heterocycles. The fourth-order valence-electron chi connectivity index (χ4n) is 2.91. The highest BCUT2D eigenvalue weighted by atomic mass is 35.5. The lowest BCUT2D eigenvalue weighted by Crippen LogP contribution is -2.44. The molecule has 0 radical (unpaired) electrons. The van der Waals surface area contributed by atoms with Gasteiger partial charge >= 0.3 is 0 Å². The Morgan fingerprint density at radius 1 is 1.41 bits per heavy atom. The van der Waals surface area contributed by atoms with Crippen LogP contribution >= 0.6 is 11.6 Å². The second kappa shape index (κ2) is 8.17. The Kier molecular flexibility index (Phi) is 5.70. The first-order chi connectivity index (χ1) is 13.0. The SMILES string of the molecule is O=CC(CC1CCNC1=O)NC(=O)CNC(=O)c1cn2cc(Cl)ccc2n1. The number of carbonyl (C=O) groups is 4. The Labute approximate surface area is 159 Å². The van der Waals surface area contributed by atoms with Gasteiger partial charge in [-0.1, -0.05) is 11.6 Å². The summed E-state index contributed by atoms with van der Waals surface area (Å²) in [6.45, 7) is 0.262. The number of hydrogen-bond donors (Lipinski definition) is 3. The number of rotatable bonds is 7. The van der Waals surface area contributed by atoms with E-state index in [4.69, 9.17) is 11.6 Å². The summed E-state index contributed by atoms with van der Waals surface area (Å²) in [6, 6.07) is 2.55. The second-order valence-corrected chi connectivity index (χ2v) is 6.68. The van der Waals surface area contributed by atoms with Crippen LogP contribution in [0.1, 0.15) is 23.3 Å². The van der Waals surface area contributed by atoms with Crippen LogP contribution in [-0.4, -0.2) is 52.5 Å². The number of halogens is 1. The molecule has 10 heteroatoms. The van der Waals surface area contributed by atoms with Crippen molar-refractivity contribution >= 4 is 41.3 Å². The molecule has 1 aliphatic heterocycles. The van der Waals surface area contributed by atoms with Gasteiger partial charge in [-0.15, -0.1) is 0 Å². The molecule has 3 heterocycles. The van der Waals surface area contributed by atoms with E-state index in [1.165, 1.54) is 6.20 Å². The fraction of sp³-hybridized carbons (Fsp3) is 0.353. The molecular formula is C17H18ClN5O4. The third-order valence-electron chi connectivity index (χ3n) is 4.27. The van der Waals surface area contributed by atoms with E-state index < -0.39 is 17.9 Å². The lowest BCUT2D eigenvalue weighted by atomic mass is 9.99. The van der Waals surface area contributed by atoms with Crippen molar-refractivity contribution < 1.29 is 19.2 Å². The van der Waals surface area contributed by atoms with Crippen molar-refractivity contribution in [2.24, 2.45) is 5.92 Å². The summed E-state index contributed by atoms with van der Waals surface area (Å²) in [5.74, 6) is -1.45. The molecule has 3 N–H and O–H groups in total. The number of amides is 3. The molecule has 0 aliphatic carbocycles. The van der Waals surface area contributed by atoms with E-state index in [9.17, 15) is 19.2 Å². The summed E-state index contributed by atoms with van der Waals surface area (Å²) < 4.78 is 1.60. The van der Waals surface area contributed by atoms with E-state index in [2.05, 4.69) is 20.9 Å². The molecule has 9 nitrogen and oxygen atoms in total. The molecule has 2 unspecified atom stereocenters. The lowest BCUT2D eigenvalue weighted by Gasteiger charge is -2.15. The summed E-state index contributed by atoms with van der Waals surface area (Å²) in [5, 5.41) is 8.15. The van der Waals surface area contributed by atoms with Gasteiger partial charge in [0.25, 0.3) is 5.91 Å². The van der Waals surface area contributed by atoms with Crippen molar-refractivity contribution in [2.75, 3.05) is 13.1 Å². The number of aldehydes is 1. The van der Waals surface area contributed by atoms with Gasteiger partial charge in [-0.25, -0.2) is 4.98 Å². The van der Waals surface area contributed by atoms with E-state index >= 15 is 0 Å². The molecule has 0 bridgehead atoms. The maximum absolute atomic E-state index is 12.2. The van der Waals surface area contributed by atoms with Gasteiger partial charge < -0.3 is 25.1 Å². The zero-order chi connectivity index (χ0) is 19.4. The van der Waals surface area contributed by atoms with Gasteiger partial charge in [0.05, 0.1) is 17.6 Å². The third kappa shape index (κ3) is 4.62. The summed E-state index contributed by atoms with van der Waals surface area (Å²) in [4.78, 5) is 51.0. The Balaban J connectivity index is 1.51. The molecule has 0 spiro atoms. The number of fused-ring (bicyclic) bond motifs is 1. The molecule has 2 atom stereocenters. The molecule has 2 aromatic heterocycles. The smallest absolute Gasteiger partial charge is 0.271 e. The zero-order valence-electron chi connectivity index (χ0n) is 14.3. The molecule has 3 rings (SSSR count). The molecule has 27 heavy (non-hydrogen) atoms. The van der Waals surface area contributed by atoms with Gasteiger partial charge in [-0.3, -0.25) is 14.4 Å². The van der Waals surface area contributed by atoms with Crippen LogP contribution in [0.15, 0.2) is 24.5 Å². The maximum Gasteiger partial charge on any atom is 0.271 e. The van der Waals surface area contributed by atoms with Crippen molar-refractivity contribution in [1.29, 1.82) is 0 Å².